The topological polar surface area (TPSA) is 62.1 Å². The molecular weight excluding hydrogens is 415 g/mol. The molecule has 31 heavy (non-hydrogen) atoms. The van der Waals surface area contributed by atoms with Crippen molar-refractivity contribution in [2.24, 2.45) is 0 Å². The molecule has 6 heteroatoms. The monoisotopic (exact) mass is 434 g/mol. The van der Waals surface area contributed by atoms with Gasteiger partial charge in [0.15, 0.2) is 0 Å². The van der Waals surface area contributed by atoms with E-state index in [1.54, 1.807) is 18.2 Å². The van der Waals surface area contributed by atoms with E-state index in [-0.39, 0.29) is 5.57 Å². The maximum absolute atomic E-state index is 13.1. The van der Waals surface area contributed by atoms with Gasteiger partial charge >= 0.3 is 0 Å². The Morgan fingerprint density at radius 1 is 1.10 bits per heavy atom. The van der Waals surface area contributed by atoms with Crippen molar-refractivity contribution in [2.45, 2.75) is 20.5 Å². The summed E-state index contributed by atoms with van der Waals surface area (Å²) in [4.78, 5) is 12.5. The van der Waals surface area contributed by atoms with Crippen LogP contribution in [0.25, 0.3) is 6.08 Å². The van der Waals surface area contributed by atoms with Crippen LogP contribution < -0.4 is 10.1 Å². The van der Waals surface area contributed by atoms with Crippen molar-refractivity contribution in [3.8, 4) is 11.8 Å². The largest absolute Gasteiger partial charge is 0.488 e. The summed E-state index contributed by atoms with van der Waals surface area (Å²) < 4.78 is 19.0. The molecule has 0 fully saturated rings. The van der Waals surface area contributed by atoms with E-state index in [1.165, 1.54) is 41.5 Å². The number of carbonyl (C=O) groups is 1. The number of hydrogen-bond donors (Lipinski definition) is 1. The molecule has 0 unspecified atom stereocenters. The molecule has 0 bridgehead atoms. The summed E-state index contributed by atoms with van der Waals surface area (Å²) in [5.74, 6) is -0.544. The molecule has 3 rings (SSSR count). The molecule has 1 amide bonds. The number of amides is 1. The van der Waals surface area contributed by atoms with Gasteiger partial charge < -0.3 is 10.1 Å². The van der Waals surface area contributed by atoms with Crippen LogP contribution in [0.5, 0.6) is 5.75 Å². The SMILES string of the molecule is Cc1ccc(COc2ccc(Cl)cc2/C=C(\C#N)C(=O)Nc2ccc(F)cc2)cc1C. The smallest absolute Gasteiger partial charge is 0.266 e. The molecule has 0 atom stereocenters. The van der Waals surface area contributed by atoms with E-state index >= 15 is 0 Å². The minimum atomic E-state index is -0.616. The number of carbonyl (C=O) groups excluding carboxylic acids is 1. The fourth-order valence-corrected chi connectivity index (χ4v) is 3.03. The highest BCUT2D eigenvalue weighted by Crippen LogP contribution is 2.27. The maximum Gasteiger partial charge on any atom is 0.266 e. The van der Waals surface area contributed by atoms with Gasteiger partial charge in [-0.15, -0.1) is 0 Å². The van der Waals surface area contributed by atoms with Crippen LogP contribution in [0.1, 0.15) is 22.3 Å². The lowest BCUT2D eigenvalue weighted by molar-refractivity contribution is -0.112. The van der Waals surface area contributed by atoms with Crippen molar-refractivity contribution >= 4 is 29.3 Å². The predicted octanol–water partition coefficient (Wildman–Crippen LogP) is 6.22. The summed E-state index contributed by atoms with van der Waals surface area (Å²) in [6.45, 7) is 4.41. The normalized spacial score (nSPS) is 11.0. The van der Waals surface area contributed by atoms with E-state index in [0.29, 0.717) is 28.6 Å². The van der Waals surface area contributed by atoms with Crippen LogP contribution in [0, 0.1) is 31.0 Å². The highest BCUT2D eigenvalue weighted by Gasteiger charge is 2.12. The lowest BCUT2D eigenvalue weighted by Crippen LogP contribution is -2.13. The Balaban J connectivity index is 1.82. The molecule has 156 valence electrons. The van der Waals surface area contributed by atoms with Crippen LogP contribution in [-0.2, 0) is 11.4 Å². The molecule has 3 aromatic carbocycles. The van der Waals surface area contributed by atoms with E-state index < -0.39 is 11.7 Å². The van der Waals surface area contributed by atoms with Gasteiger partial charge in [0, 0.05) is 16.3 Å². The van der Waals surface area contributed by atoms with Crippen molar-refractivity contribution in [2.75, 3.05) is 5.32 Å². The van der Waals surface area contributed by atoms with E-state index in [1.807, 2.05) is 32.0 Å². The lowest BCUT2D eigenvalue weighted by Gasteiger charge is -2.12. The number of rotatable bonds is 6. The molecule has 1 N–H and O–H groups in total. The number of nitrogens with one attached hydrogen (secondary N) is 1. The van der Waals surface area contributed by atoms with Gasteiger partial charge in [0.05, 0.1) is 0 Å². The first-order chi connectivity index (χ1) is 14.9. The number of hydrogen-bond acceptors (Lipinski definition) is 3. The predicted molar refractivity (Wildman–Crippen MR) is 120 cm³/mol. The summed E-state index contributed by atoms with van der Waals surface area (Å²) in [5, 5.41) is 12.5. The minimum Gasteiger partial charge on any atom is -0.488 e. The highest BCUT2D eigenvalue weighted by atomic mass is 35.5. The molecule has 0 spiro atoms. The minimum absolute atomic E-state index is 0.136. The summed E-state index contributed by atoms with van der Waals surface area (Å²) in [6, 6.07) is 18.2. The standard InChI is InChI=1S/C25H20ClFN2O2/c1-16-3-4-18(11-17(16)2)15-31-24-10-5-21(26)13-19(24)12-20(14-28)25(30)29-23-8-6-22(27)7-9-23/h3-13H,15H2,1-2H3,(H,29,30)/b20-12+. The number of halogens is 2. The Morgan fingerprint density at radius 3 is 2.52 bits per heavy atom. The second-order valence-corrected chi connectivity index (χ2v) is 7.46. The van der Waals surface area contributed by atoms with Gasteiger partial charge in [-0.1, -0.05) is 29.8 Å². The summed E-state index contributed by atoms with van der Waals surface area (Å²) in [5.41, 5.74) is 4.11. The molecule has 0 aliphatic carbocycles. The summed E-state index contributed by atoms with van der Waals surface area (Å²) in [7, 11) is 0. The summed E-state index contributed by atoms with van der Waals surface area (Å²) >= 11 is 6.12. The van der Waals surface area contributed by atoms with E-state index in [0.717, 1.165) is 5.56 Å². The zero-order chi connectivity index (χ0) is 22.4. The highest BCUT2D eigenvalue weighted by molar-refractivity contribution is 6.30. The van der Waals surface area contributed by atoms with Crippen molar-refractivity contribution in [3.63, 3.8) is 0 Å². The first kappa shape index (κ1) is 22.1. The number of aryl methyl sites for hydroxylation is 2. The van der Waals surface area contributed by atoms with Crippen LogP contribution in [0.3, 0.4) is 0 Å². The van der Waals surface area contributed by atoms with Crippen molar-refractivity contribution in [1.29, 1.82) is 5.26 Å². The van der Waals surface area contributed by atoms with Gasteiger partial charge in [0.2, 0.25) is 0 Å². The van der Waals surface area contributed by atoms with Crippen molar-refractivity contribution in [3.05, 3.63) is 99.3 Å². The van der Waals surface area contributed by atoms with Crippen molar-refractivity contribution < 1.29 is 13.9 Å². The zero-order valence-corrected chi connectivity index (χ0v) is 17.8. The number of nitriles is 1. The van der Waals surface area contributed by atoms with E-state index in [2.05, 4.69) is 11.4 Å². The molecular formula is C25H20ClFN2O2. The first-order valence-corrected chi connectivity index (χ1v) is 9.90. The van der Waals surface area contributed by atoms with Gasteiger partial charge in [0.25, 0.3) is 5.91 Å². The van der Waals surface area contributed by atoms with Gasteiger partial charge in [-0.25, -0.2) is 4.39 Å². The van der Waals surface area contributed by atoms with E-state index in [4.69, 9.17) is 16.3 Å². The van der Waals surface area contributed by atoms with Gasteiger partial charge in [-0.2, -0.15) is 5.26 Å². The third kappa shape index (κ3) is 5.94. The Hall–Kier alpha value is -3.62. The Bertz CT molecular complexity index is 1180. The third-order valence-corrected chi connectivity index (χ3v) is 4.94. The maximum atomic E-state index is 13.1. The number of nitrogens with zero attached hydrogens (tertiary/aromatic N) is 1. The van der Waals surface area contributed by atoms with Crippen molar-refractivity contribution in [1.82, 2.24) is 0 Å². The first-order valence-electron chi connectivity index (χ1n) is 9.53. The molecule has 0 saturated carbocycles. The van der Waals surface area contributed by atoms with Crippen LogP contribution in [0.15, 0.2) is 66.2 Å². The van der Waals surface area contributed by atoms with Crippen LogP contribution in [0.4, 0.5) is 10.1 Å². The average molecular weight is 435 g/mol. The molecule has 3 aromatic rings. The fourth-order valence-electron chi connectivity index (χ4n) is 2.85. The summed E-state index contributed by atoms with van der Waals surface area (Å²) in [6.07, 6.45) is 1.42. The lowest BCUT2D eigenvalue weighted by atomic mass is 10.1. The Kier molecular flexibility index (Phi) is 7.07. The Morgan fingerprint density at radius 2 is 1.84 bits per heavy atom. The zero-order valence-electron chi connectivity index (χ0n) is 17.1. The molecule has 4 nitrogen and oxygen atoms in total. The second kappa shape index (κ2) is 9.92. The second-order valence-electron chi connectivity index (χ2n) is 7.02. The van der Waals surface area contributed by atoms with Gasteiger partial charge in [-0.05, 0) is 79.1 Å². The Labute approximate surface area is 185 Å². The van der Waals surface area contributed by atoms with Gasteiger partial charge in [0.1, 0.15) is 29.8 Å². The van der Waals surface area contributed by atoms with Gasteiger partial charge in [-0.3, -0.25) is 4.79 Å². The number of ether oxygens (including phenoxy) is 1. The molecule has 0 aromatic heterocycles. The van der Waals surface area contributed by atoms with Crippen LogP contribution >= 0.6 is 11.6 Å². The fraction of sp³-hybridized carbons (Fsp3) is 0.120. The molecule has 0 radical (unpaired) electrons. The average Bonchev–Trinajstić information content (AvgIpc) is 2.75. The number of anilines is 1. The third-order valence-electron chi connectivity index (χ3n) is 4.70. The quantitative estimate of drug-likeness (QED) is 0.370. The van der Waals surface area contributed by atoms with Crippen LogP contribution in [-0.4, -0.2) is 5.91 Å². The molecule has 0 aliphatic heterocycles. The van der Waals surface area contributed by atoms with E-state index in [9.17, 15) is 14.4 Å². The van der Waals surface area contributed by atoms with Crippen LogP contribution in [0.2, 0.25) is 5.02 Å². The molecule has 0 heterocycles. The molecule has 0 aliphatic rings. The molecule has 0 saturated heterocycles. The number of benzene rings is 3.